The number of aromatic nitrogens is 3. The highest BCUT2D eigenvalue weighted by atomic mass is 32.1. The molecule has 1 fully saturated rings. The zero-order valence-corrected chi connectivity index (χ0v) is 21.0. The molecule has 4 heterocycles. The molecule has 2 N–H and O–H groups in total. The number of pyridine rings is 1. The molecule has 0 spiro atoms. The molecule has 10 heteroatoms. The van der Waals surface area contributed by atoms with Crippen molar-refractivity contribution in [3.05, 3.63) is 45.3 Å². The molecule has 0 saturated carbocycles. The normalized spacial score (nSPS) is 16.6. The zero-order chi connectivity index (χ0) is 24.8. The Hall–Kier alpha value is -3.27. The summed E-state index contributed by atoms with van der Waals surface area (Å²) in [7, 11) is 3.50. The summed E-state index contributed by atoms with van der Waals surface area (Å²) in [6.45, 7) is 7.35. The number of hydrogen-bond donors (Lipinski definition) is 1. The van der Waals surface area contributed by atoms with Crippen molar-refractivity contribution in [3.63, 3.8) is 0 Å². The van der Waals surface area contributed by atoms with Gasteiger partial charge in [0.05, 0.1) is 11.6 Å². The molecule has 0 aliphatic carbocycles. The lowest BCUT2D eigenvalue weighted by molar-refractivity contribution is -0.133. The van der Waals surface area contributed by atoms with Gasteiger partial charge in [0.25, 0.3) is 5.56 Å². The fourth-order valence-corrected chi connectivity index (χ4v) is 5.24. The number of amides is 2. The Labute approximate surface area is 202 Å². The Morgan fingerprint density at radius 3 is 2.59 bits per heavy atom. The molecule has 0 bridgehead atoms. The van der Waals surface area contributed by atoms with E-state index in [2.05, 4.69) is 20.8 Å². The summed E-state index contributed by atoms with van der Waals surface area (Å²) >= 11 is 1.41. The first-order valence-electron chi connectivity index (χ1n) is 11.3. The molecule has 1 saturated heterocycles. The topological polar surface area (TPSA) is 114 Å². The van der Waals surface area contributed by atoms with Gasteiger partial charge in [-0.15, -0.1) is 11.3 Å². The maximum atomic E-state index is 13.7. The van der Waals surface area contributed by atoms with Gasteiger partial charge in [0.15, 0.2) is 0 Å². The van der Waals surface area contributed by atoms with Crippen LogP contribution in [0.2, 0.25) is 0 Å². The summed E-state index contributed by atoms with van der Waals surface area (Å²) in [5.41, 5.74) is 6.91. The second-order valence-electron chi connectivity index (χ2n) is 9.93. The van der Waals surface area contributed by atoms with Crippen LogP contribution in [0.1, 0.15) is 49.7 Å². The van der Waals surface area contributed by atoms with Gasteiger partial charge in [-0.3, -0.25) is 18.8 Å². The van der Waals surface area contributed by atoms with Crippen LogP contribution in [0, 0.1) is 5.92 Å². The maximum Gasteiger partial charge on any atom is 0.270 e. The number of rotatable bonds is 4. The summed E-state index contributed by atoms with van der Waals surface area (Å²) in [5, 5.41) is 2.56. The molecule has 0 aromatic carbocycles. The number of anilines is 1. The van der Waals surface area contributed by atoms with Crippen molar-refractivity contribution in [1.82, 2.24) is 19.3 Å². The number of fused-ring (bicyclic) bond motifs is 1. The van der Waals surface area contributed by atoms with Crippen molar-refractivity contribution in [2.24, 2.45) is 11.7 Å². The highest BCUT2D eigenvalue weighted by Crippen LogP contribution is 2.34. The van der Waals surface area contributed by atoms with Crippen LogP contribution in [0.15, 0.2) is 28.5 Å². The molecule has 1 atom stereocenters. The standard InChI is InChI=1S/C24H30N6O3S/c1-24(2,3)16-13-34-21(26-16)18-20(29-9-6-7-15(12-29)22(32)28(4)5)27-17-11-14(19(25)31)8-10-30(17)23(18)33/h8,10-11,13,15H,6-7,9,12H2,1-5H3,(H2,25,31). The summed E-state index contributed by atoms with van der Waals surface area (Å²) in [5.74, 6) is -0.233. The zero-order valence-electron chi connectivity index (χ0n) is 20.2. The van der Waals surface area contributed by atoms with Gasteiger partial charge in [-0.1, -0.05) is 20.8 Å². The minimum atomic E-state index is -0.591. The SMILES string of the molecule is CN(C)C(=O)C1CCCN(c2nc3cc(C(N)=O)ccn3c(=O)c2-c2nc(C(C)(C)C)cs2)C1. The van der Waals surface area contributed by atoms with Crippen LogP contribution in [0.3, 0.4) is 0 Å². The predicted octanol–water partition coefficient (Wildman–Crippen LogP) is 2.52. The van der Waals surface area contributed by atoms with Crippen molar-refractivity contribution >= 4 is 34.6 Å². The monoisotopic (exact) mass is 482 g/mol. The van der Waals surface area contributed by atoms with E-state index >= 15 is 0 Å². The van der Waals surface area contributed by atoms with Crippen LogP contribution in [-0.4, -0.2) is 58.3 Å². The number of primary amides is 1. The lowest BCUT2D eigenvalue weighted by Crippen LogP contribution is -2.43. The van der Waals surface area contributed by atoms with E-state index in [0.29, 0.717) is 35.1 Å². The van der Waals surface area contributed by atoms with E-state index in [-0.39, 0.29) is 28.4 Å². The highest BCUT2D eigenvalue weighted by Gasteiger charge is 2.31. The van der Waals surface area contributed by atoms with Gasteiger partial charge >= 0.3 is 0 Å². The molecule has 34 heavy (non-hydrogen) atoms. The Bertz CT molecular complexity index is 1320. The fraction of sp³-hybridized carbons (Fsp3) is 0.458. The number of piperidine rings is 1. The molecule has 0 radical (unpaired) electrons. The van der Waals surface area contributed by atoms with E-state index in [9.17, 15) is 14.4 Å². The first-order chi connectivity index (χ1) is 16.0. The van der Waals surface area contributed by atoms with Gasteiger partial charge in [-0.2, -0.15) is 0 Å². The molecule has 9 nitrogen and oxygen atoms in total. The third-order valence-corrected chi connectivity index (χ3v) is 6.95. The summed E-state index contributed by atoms with van der Waals surface area (Å²) in [6, 6.07) is 3.03. The lowest BCUT2D eigenvalue weighted by atomic mass is 9.93. The van der Waals surface area contributed by atoms with E-state index in [1.807, 2.05) is 10.3 Å². The van der Waals surface area contributed by atoms with Gasteiger partial charge in [-0.25, -0.2) is 9.97 Å². The lowest BCUT2D eigenvalue weighted by Gasteiger charge is -2.34. The Morgan fingerprint density at radius 2 is 1.97 bits per heavy atom. The Balaban J connectivity index is 1.91. The first kappa shape index (κ1) is 23.9. The molecular weight excluding hydrogens is 452 g/mol. The Morgan fingerprint density at radius 1 is 1.24 bits per heavy atom. The van der Waals surface area contributed by atoms with Crippen molar-refractivity contribution in [1.29, 1.82) is 0 Å². The fourth-order valence-electron chi connectivity index (χ4n) is 4.16. The second kappa shape index (κ2) is 8.83. The average Bonchev–Trinajstić information content (AvgIpc) is 3.28. The van der Waals surface area contributed by atoms with Crippen LogP contribution < -0.4 is 16.2 Å². The van der Waals surface area contributed by atoms with Crippen molar-refractivity contribution < 1.29 is 9.59 Å². The van der Waals surface area contributed by atoms with E-state index in [1.165, 1.54) is 34.1 Å². The van der Waals surface area contributed by atoms with Crippen LogP contribution >= 0.6 is 11.3 Å². The van der Waals surface area contributed by atoms with Crippen molar-refractivity contribution in [3.8, 4) is 10.6 Å². The first-order valence-corrected chi connectivity index (χ1v) is 12.1. The third-order valence-electron chi connectivity index (χ3n) is 6.09. The van der Waals surface area contributed by atoms with Gasteiger partial charge in [0.2, 0.25) is 11.8 Å². The summed E-state index contributed by atoms with van der Waals surface area (Å²) in [6.07, 6.45) is 3.11. The van der Waals surface area contributed by atoms with Crippen molar-refractivity contribution in [2.45, 2.75) is 39.0 Å². The molecule has 2 amide bonds. The van der Waals surface area contributed by atoms with E-state index in [1.54, 1.807) is 19.0 Å². The summed E-state index contributed by atoms with van der Waals surface area (Å²) in [4.78, 5) is 51.4. The molecule has 1 aliphatic heterocycles. The molecular formula is C24H30N6O3S. The van der Waals surface area contributed by atoms with Crippen LogP contribution in [0.4, 0.5) is 5.82 Å². The van der Waals surface area contributed by atoms with Crippen molar-refractivity contribution in [2.75, 3.05) is 32.1 Å². The van der Waals surface area contributed by atoms with Gasteiger partial charge in [-0.05, 0) is 25.0 Å². The highest BCUT2D eigenvalue weighted by molar-refractivity contribution is 7.13. The Kier molecular flexibility index (Phi) is 6.20. The van der Waals surface area contributed by atoms with Gasteiger partial charge in [0, 0.05) is 49.7 Å². The number of carbonyl (C=O) groups excluding carboxylic acids is 2. The number of nitrogens with zero attached hydrogens (tertiary/aromatic N) is 5. The van der Waals surface area contributed by atoms with E-state index in [4.69, 9.17) is 15.7 Å². The molecule has 3 aromatic heterocycles. The van der Waals surface area contributed by atoms with Gasteiger partial charge in [0.1, 0.15) is 22.0 Å². The number of nitrogens with two attached hydrogens (primary N) is 1. The number of hydrogen-bond acceptors (Lipinski definition) is 7. The third kappa shape index (κ3) is 4.42. The molecule has 1 aliphatic rings. The predicted molar refractivity (Wildman–Crippen MR) is 133 cm³/mol. The van der Waals surface area contributed by atoms with E-state index in [0.717, 1.165) is 18.5 Å². The number of carbonyl (C=O) groups is 2. The smallest absolute Gasteiger partial charge is 0.270 e. The van der Waals surface area contributed by atoms with Gasteiger partial charge < -0.3 is 15.5 Å². The summed E-state index contributed by atoms with van der Waals surface area (Å²) < 4.78 is 1.41. The minimum absolute atomic E-state index is 0.0593. The minimum Gasteiger partial charge on any atom is -0.366 e. The molecule has 1 unspecified atom stereocenters. The second-order valence-corrected chi connectivity index (χ2v) is 10.8. The molecule has 180 valence electrons. The number of thiazole rings is 1. The maximum absolute atomic E-state index is 13.7. The van der Waals surface area contributed by atoms with Crippen LogP contribution in [0.25, 0.3) is 16.2 Å². The molecule has 4 rings (SSSR count). The quantitative estimate of drug-likeness (QED) is 0.611. The van der Waals surface area contributed by atoms with Crippen LogP contribution in [0.5, 0.6) is 0 Å². The largest absolute Gasteiger partial charge is 0.366 e. The average molecular weight is 483 g/mol. The molecule has 3 aromatic rings. The van der Waals surface area contributed by atoms with Crippen LogP contribution in [-0.2, 0) is 10.2 Å². The van der Waals surface area contributed by atoms with E-state index < -0.39 is 5.91 Å².